The second-order valence-corrected chi connectivity index (χ2v) is 4.98. The van der Waals surface area contributed by atoms with Gasteiger partial charge >= 0.3 is 0 Å². The van der Waals surface area contributed by atoms with Crippen LogP contribution in [0.2, 0.25) is 0 Å². The third-order valence-corrected chi connectivity index (χ3v) is 3.14. The molecule has 0 amide bonds. The molecule has 88 valence electrons. The Morgan fingerprint density at radius 1 is 1.53 bits per heavy atom. The number of Topliss-reactive ketones (excluding diaryl/α,β-unsaturated/α-hetero) is 1. The highest BCUT2D eigenvalue weighted by atomic mass is 16.1. The number of hydrogen-bond acceptors (Lipinski definition) is 3. The molecule has 0 aromatic carbocycles. The zero-order chi connectivity index (χ0) is 11.3. The van der Waals surface area contributed by atoms with Crippen LogP contribution in [0.4, 0.5) is 0 Å². The molecule has 0 aromatic heterocycles. The maximum atomic E-state index is 10.9. The molecule has 1 aliphatic rings. The lowest BCUT2D eigenvalue weighted by molar-refractivity contribution is -0.117. The van der Waals surface area contributed by atoms with Gasteiger partial charge in [0.15, 0.2) is 0 Å². The zero-order valence-electron chi connectivity index (χ0n) is 10.3. The number of nitrogens with zero attached hydrogens (tertiary/aromatic N) is 2. The molecule has 0 saturated carbocycles. The minimum Gasteiger partial charge on any atom is -0.306 e. The lowest BCUT2D eigenvalue weighted by atomic mass is 9.98. The van der Waals surface area contributed by atoms with Crippen molar-refractivity contribution >= 4 is 5.78 Å². The van der Waals surface area contributed by atoms with Crippen LogP contribution in [0.3, 0.4) is 0 Å². The van der Waals surface area contributed by atoms with Gasteiger partial charge < -0.3 is 9.80 Å². The van der Waals surface area contributed by atoms with Gasteiger partial charge in [-0.05, 0) is 46.3 Å². The van der Waals surface area contributed by atoms with E-state index in [2.05, 4.69) is 23.9 Å². The van der Waals surface area contributed by atoms with Crippen LogP contribution >= 0.6 is 0 Å². The molecule has 0 aliphatic carbocycles. The van der Waals surface area contributed by atoms with Crippen molar-refractivity contribution < 1.29 is 4.79 Å². The molecule has 1 fully saturated rings. The first-order valence-electron chi connectivity index (χ1n) is 5.94. The van der Waals surface area contributed by atoms with Crippen molar-refractivity contribution in [3.05, 3.63) is 0 Å². The van der Waals surface area contributed by atoms with Crippen LogP contribution in [0.15, 0.2) is 0 Å². The van der Waals surface area contributed by atoms with Gasteiger partial charge in [-0.25, -0.2) is 0 Å². The molecule has 3 nitrogen and oxygen atoms in total. The lowest BCUT2D eigenvalue weighted by Gasteiger charge is -2.32. The van der Waals surface area contributed by atoms with E-state index >= 15 is 0 Å². The van der Waals surface area contributed by atoms with Crippen LogP contribution in [0.25, 0.3) is 0 Å². The smallest absolute Gasteiger partial charge is 0.131 e. The van der Waals surface area contributed by atoms with Crippen molar-refractivity contribution in [3.8, 4) is 0 Å². The van der Waals surface area contributed by atoms with Crippen molar-refractivity contribution in [2.45, 2.75) is 26.2 Å². The number of rotatable bonds is 5. The SMILES string of the molecule is CC(=O)CCN(C)CC1CCCN(C)C1. The molecule has 0 spiro atoms. The summed E-state index contributed by atoms with van der Waals surface area (Å²) in [5, 5.41) is 0. The highest BCUT2D eigenvalue weighted by Crippen LogP contribution is 2.15. The molecule has 0 N–H and O–H groups in total. The van der Waals surface area contributed by atoms with E-state index in [1.165, 1.54) is 25.9 Å². The fourth-order valence-corrected chi connectivity index (χ4v) is 2.30. The average molecular weight is 212 g/mol. The number of carbonyl (C=O) groups excluding carboxylic acids is 1. The van der Waals surface area contributed by atoms with E-state index in [9.17, 15) is 4.79 Å². The molecule has 3 heteroatoms. The van der Waals surface area contributed by atoms with Crippen molar-refractivity contribution in [2.75, 3.05) is 40.3 Å². The van der Waals surface area contributed by atoms with Gasteiger partial charge in [0, 0.05) is 26.1 Å². The first kappa shape index (κ1) is 12.7. The number of carbonyl (C=O) groups is 1. The number of hydrogen-bond donors (Lipinski definition) is 0. The Morgan fingerprint density at radius 2 is 2.27 bits per heavy atom. The summed E-state index contributed by atoms with van der Waals surface area (Å²) in [5.74, 6) is 1.09. The van der Waals surface area contributed by atoms with Gasteiger partial charge in [0.05, 0.1) is 0 Å². The molecular formula is C12H24N2O. The second-order valence-electron chi connectivity index (χ2n) is 4.98. The first-order valence-corrected chi connectivity index (χ1v) is 5.94. The second kappa shape index (κ2) is 6.23. The quantitative estimate of drug-likeness (QED) is 0.685. The number of ketones is 1. The molecule has 1 rings (SSSR count). The van der Waals surface area contributed by atoms with Crippen LogP contribution < -0.4 is 0 Å². The zero-order valence-corrected chi connectivity index (χ0v) is 10.3. The van der Waals surface area contributed by atoms with E-state index in [-0.39, 0.29) is 0 Å². The Morgan fingerprint density at radius 3 is 2.87 bits per heavy atom. The predicted octanol–water partition coefficient (Wildman–Crippen LogP) is 1.24. The fraction of sp³-hybridized carbons (Fsp3) is 0.917. The predicted molar refractivity (Wildman–Crippen MR) is 63.0 cm³/mol. The summed E-state index contributed by atoms with van der Waals surface area (Å²) in [7, 11) is 4.32. The molecule has 1 unspecified atom stereocenters. The van der Waals surface area contributed by atoms with Crippen LogP contribution in [0.5, 0.6) is 0 Å². The molecule has 15 heavy (non-hydrogen) atoms. The van der Waals surface area contributed by atoms with Crippen LogP contribution in [0.1, 0.15) is 26.2 Å². The highest BCUT2D eigenvalue weighted by molar-refractivity contribution is 5.75. The minimum atomic E-state index is 0.294. The molecule has 0 aromatic rings. The minimum absolute atomic E-state index is 0.294. The molecule has 1 aliphatic heterocycles. The van der Waals surface area contributed by atoms with Gasteiger partial charge in [0.25, 0.3) is 0 Å². The first-order chi connectivity index (χ1) is 7.08. The van der Waals surface area contributed by atoms with Crippen molar-refractivity contribution in [2.24, 2.45) is 5.92 Å². The highest BCUT2D eigenvalue weighted by Gasteiger charge is 2.18. The Hall–Kier alpha value is -0.410. The summed E-state index contributed by atoms with van der Waals surface area (Å²) in [5.41, 5.74) is 0. The van der Waals surface area contributed by atoms with E-state index in [1.807, 2.05) is 0 Å². The normalized spacial score (nSPS) is 23.3. The summed E-state index contributed by atoms with van der Waals surface area (Å²) in [6.45, 7) is 6.17. The van der Waals surface area contributed by atoms with Crippen LogP contribution in [-0.4, -0.2) is 55.9 Å². The van der Waals surface area contributed by atoms with E-state index in [4.69, 9.17) is 0 Å². The van der Waals surface area contributed by atoms with E-state index < -0.39 is 0 Å². The average Bonchev–Trinajstić information content (AvgIpc) is 2.15. The summed E-state index contributed by atoms with van der Waals surface area (Å²) in [6.07, 6.45) is 3.36. The van der Waals surface area contributed by atoms with Crippen LogP contribution in [0, 0.1) is 5.92 Å². The monoisotopic (exact) mass is 212 g/mol. The van der Waals surface area contributed by atoms with Crippen molar-refractivity contribution in [1.29, 1.82) is 0 Å². The Bertz CT molecular complexity index is 206. The van der Waals surface area contributed by atoms with E-state index in [0.717, 1.165) is 19.0 Å². The fourth-order valence-electron chi connectivity index (χ4n) is 2.30. The summed E-state index contributed by atoms with van der Waals surface area (Å²) in [4.78, 5) is 15.6. The maximum Gasteiger partial charge on any atom is 0.131 e. The van der Waals surface area contributed by atoms with E-state index in [1.54, 1.807) is 6.92 Å². The van der Waals surface area contributed by atoms with Gasteiger partial charge in [-0.3, -0.25) is 4.79 Å². The lowest BCUT2D eigenvalue weighted by Crippen LogP contribution is -2.38. The van der Waals surface area contributed by atoms with Gasteiger partial charge in [-0.1, -0.05) is 0 Å². The summed E-state index contributed by atoms with van der Waals surface area (Å²) < 4.78 is 0. The molecule has 1 heterocycles. The molecular weight excluding hydrogens is 188 g/mol. The largest absolute Gasteiger partial charge is 0.306 e. The summed E-state index contributed by atoms with van der Waals surface area (Å²) >= 11 is 0. The van der Waals surface area contributed by atoms with Gasteiger partial charge in [0.2, 0.25) is 0 Å². The maximum absolute atomic E-state index is 10.9. The Labute approximate surface area is 93.4 Å². The standard InChI is InChI=1S/C12H24N2O/c1-11(15)6-8-14(3)10-12-5-4-7-13(2)9-12/h12H,4-10H2,1-3H3. The third kappa shape index (κ3) is 5.28. The Balaban J connectivity index is 2.18. The van der Waals surface area contributed by atoms with Crippen LogP contribution in [-0.2, 0) is 4.79 Å². The Kier molecular flexibility index (Phi) is 5.26. The molecule has 1 atom stereocenters. The summed E-state index contributed by atoms with van der Waals surface area (Å²) in [6, 6.07) is 0. The van der Waals surface area contributed by atoms with Crippen molar-refractivity contribution in [1.82, 2.24) is 9.80 Å². The molecule has 0 bridgehead atoms. The van der Waals surface area contributed by atoms with E-state index in [0.29, 0.717) is 12.2 Å². The van der Waals surface area contributed by atoms with Crippen molar-refractivity contribution in [3.63, 3.8) is 0 Å². The number of likely N-dealkylation sites (tertiary alicyclic amines) is 1. The molecule has 0 radical (unpaired) electrons. The third-order valence-electron chi connectivity index (χ3n) is 3.14. The molecule has 1 saturated heterocycles. The van der Waals surface area contributed by atoms with Gasteiger partial charge in [-0.15, -0.1) is 0 Å². The number of piperidine rings is 1. The topological polar surface area (TPSA) is 23.6 Å². The van der Waals surface area contributed by atoms with Gasteiger partial charge in [0.1, 0.15) is 5.78 Å². The van der Waals surface area contributed by atoms with Gasteiger partial charge in [-0.2, -0.15) is 0 Å².